The molecule has 1 aromatic rings. The third kappa shape index (κ3) is 4.16. The van der Waals surface area contributed by atoms with Crippen molar-refractivity contribution in [1.82, 2.24) is 4.90 Å². The van der Waals surface area contributed by atoms with Crippen molar-refractivity contribution in [3.05, 3.63) is 34.4 Å². The summed E-state index contributed by atoms with van der Waals surface area (Å²) in [4.78, 5) is 23.8. The first kappa shape index (κ1) is 15.2. The van der Waals surface area contributed by atoms with E-state index in [4.69, 9.17) is 9.47 Å². The largest absolute Gasteiger partial charge is 0.484 e. The lowest BCUT2D eigenvalue weighted by atomic mass is 10.2. The standard InChI is InChI=1S/C14H18N2O5/c1-10-7-15(8-11(2)21-10)14(17)9-20-13-5-3-12(4-6-13)16(18)19/h3-6,10-11H,7-9H2,1-2H3/t10-,11-/m0/s1. The third-order valence-corrected chi connectivity index (χ3v) is 3.18. The Hall–Kier alpha value is -2.15. The SMILES string of the molecule is C[C@H]1CN(C(=O)COc2ccc([N+](=O)[O-])cc2)C[C@H](C)O1. The molecule has 1 heterocycles. The number of carbonyl (C=O) groups is 1. The van der Waals surface area contributed by atoms with E-state index < -0.39 is 4.92 Å². The van der Waals surface area contributed by atoms with Gasteiger partial charge in [0, 0.05) is 25.2 Å². The van der Waals surface area contributed by atoms with Crippen LogP contribution in [0.25, 0.3) is 0 Å². The highest BCUT2D eigenvalue weighted by Gasteiger charge is 2.25. The van der Waals surface area contributed by atoms with E-state index in [9.17, 15) is 14.9 Å². The van der Waals surface area contributed by atoms with E-state index in [-0.39, 0.29) is 30.4 Å². The molecule has 1 amide bonds. The van der Waals surface area contributed by atoms with Gasteiger partial charge in [0.15, 0.2) is 6.61 Å². The second-order valence-electron chi connectivity index (χ2n) is 5.10. The van der Waals surface area contributed by atoms with Gasteiger partial charge in [0.1, 0.15) is 5.75 Å². The molecule has 1 fully saturated rings. The number of ether oxygens (including phenoxy) is 2. The van der Waals surface area contributed by atoms with Gasteiger partial charge < -0.3 is 14.4 Å². The van der Waals surface area contributed by atoms with Crippen molar-refractivity contribution in [3.8, 4) is 5.75 Å². The first-order valence-electron chi connectivity index (χ1n) is 6.76. The van der Waals surface area contributed by atoms with Gasteiger partial charge in [-0.1, -0.05) is 0 Å². The van der Waals surface area contributed by atoms with Crippen LogP contribution in [-0.4, -0.2) is 47.6 Å². The molecule has 2 rings (SSSR count). The molecule has 1 aliphatic rings. The molecule has 0 aliphatic carbocycles. The van der Waals surface area contributed by atoms with Crippen LogP contribution in [0.5, 0.6) is 5.75 Å². The predicted octanol–water partition coefficient (Wildman–Crippen LogP) is 1.61. The fraction of sp³-hybridized carbons (Fsp3) is 0.500. The molecular weight excluding hydrogens is 276 g/mol. The molecule has 1 aliphatic heterocycles. The van der Waals surface area contributed by atoms with Crippen LogP contribution < -0.4 is 4.74 Å². The van der Waals surface area contributed by atoms with Gasteiger partial charge in [-0.2, -0.15) is 0 Å². The Kier molecular flexibility index (Phi) is 4.74. The molecule has 7 nitrogen and oxygen atoms in total. The molecule has 0 spiro atoms. The Balaban J connectivity index is 1.87. The minimum atomic E-state index is -0.481. The summed E-state index contributed by atoms with van der Waals surface area (Å²) >= 11 is 0. The molecule has 0 unspecified atom stereocenters. The van der Waals surface area contributed by atoms with Crippen LogP contribution in [-0.2, 0) is 9.53 Å². The van der Waals surface area contributed by atoms with Gasteiger partial charge in [-0.05, 0) is 26.0 Å². The zero-order valence-corrected chi connectivity index (χ0v) is 12.0. The average Bonchev–Trinajstić information content (AvgIpc) is 2.44. The van der Waals surface area contributed by atoms with Gasteiger partial charge in [-0.25, -0.2) is 0 Å². The Labute approximate surface area is 122 Å². The van der Waals surface area contributed by atoms with Crippen LogP contribution in [0.15, 0.2) is 24.3 Å². The molecule has 1 saturated heterocycles. The molecule has 0 N–H and O–H groups in total. The third-order valence-electron chi connectivity index (χ3n) is 3.18. The molecule has 0 saturated carbocycles. The maximum Gasteiger partial charge on any atom is 0.269 e. The van der Waals surface area contributed by atoms with Crippen molar-refractivity contribution in [2.24, 2.45) is 0 Å². The molecule has 1 aromatic carbocycles. The average molecular weight is 294 g/mol. The minimum absolute atomic E-state index is 0.00972. The number of nitro groups is 1. The van der Waals surface area contributed by atoms with Crippen molar-refractivity contribution in [1.29, 1.82) is 0 Å². The maximum atomic E-state index is 12.1. The molecule has 0 radical (unpaired) electrons. The summed E-state index contributed by atoms with van der Waals surface area (Å²) in [6.45, 7) is 4.86. The van der Waals surface area contributed by atoms with Crippen molar-refractivity contribution in [2.45, 2.75) is 26.1 Å². The second-order valence-corrected chi connectivity index (χ2v) is 5.10. The Morgan fingerprint density at radius 1 is 1.33 bits per heavy atom. The molecule has 7 heteroatoms. The molecule has 114 valence electrons. The van der Waals surface area contributed by atoms with Crippen LogP contribution in [0.4, 0.5) is 5.69 Å². The molecule has 0 aromatic heterocycles. The first-order valence-corrected chi connectivity index (χ1v) is 6.76. The van der Waals surface area contributed by atoms with E-state index in [1.165, 1.54) is 24.3 Å². The topological polar surface area (TPSA) is 81.9 Å². The van der Waals surface area contributed by atoms with Gasteiger partial charge in [-0.3, -0.25) is 14.9 Å². The summed E-state index contributed by atoms with van der Waals surface area (Å²) in [5.41, 5.74) is -0.00972. The number of benzene rings is 1. The van der Waals surface area contributed by atoms with Crippen molar-refractivity contribution >= 4 is 11.6 Å². The number of rotatable bonds is 4. The summed E-state index contributed by atoms with van der Waals surface area (Å²) in [5.74, 6) is 0.318. The van der Waals surface area contributed by atoms with E-state index in [2.05, 4.69) is 0 Å². The summed E-state index contributed by atoms with van der Waals surface area (Å²) in [6.07, 6.45) is 0.0224. The van der Waals surface area contributed by atoms with Crippen LogP contribution in [0.1, 0.15) is 13.8 Å². The van der Waals surface area contributed by atoms with Gasteiger partial charge in [0.25, 0.3) is 11.6 Å². The number of amides is 1. The number of nitrogens with zero attached hydrogens (tertiary/aromatic N) is 2. The lowest BCUT2D eigenvalue weighted by Crippen LogP contribution is -2.49. The smallest absolute Gasteiger partial charge is 0.269 e. The monoisotopic (exact) mass is 294 g/mol. The highest BCUT2D eigenvalue weighted by atomic mass is 16.6. The van der Waals surface area contributed by atoms with Crippen LogP contribution in [0, 0.1) is 10.1 Å². The summed E-state index contributed by atoms with van der Waals surface area (Å²) in [6, 6.07) is 5.66. The van der Waals surface area contributed by atoms with Gasteiger partial charge in [-0.15, -0.1) is 0 Å². The number of hydrogen-bond acceptors (Lipinski definition) is 5. The zero-order chi connectivity index (χ0) is 15.4. The predicted molar refractivity (Wildman–Crippen MR) is 75.2 cm³/mol. The Morgan fingerprint density at radius 3 is 2.43 bits per heavy atom. The number of hydrogen-bond donors (Lipinski definition) is 0. The molecule has 21 heavy (non-hydrogen) atoms. The normalized spacial score (nSPS) is 21.9. The van der Waals surface area contributed by atoms with Gasteiger partial charge in [0.05, 0.1) is 17.1 Å². The zero-order valence-electron chi connectivity index (χ0n) is 12.0. The lowest BCUT2D eigenvalue weighted by molar-refractivity contribution is -0.384. The van der Waals surface area contributed by atoms with Gasteiger partial charge in [0.2, 0.25) is 0 Å². The maximum absolute atomic E-state index is 12.1. The van der Waals surface area contributed by atoms with E-state index in [1.54, 1.807) is 4.90 Å². The minimum Gasteiger partial charge on any atom is -0.484 e. The van der Waals surface area contributed by atoms with Crippen molar-refractivity contribution < 1.29 is 19.2 Å². The Morgan fingerprint density at radius 2 is 1.90 bits per heavy atom. The lowest BCUT2D eigenvalue weighted by Gasteiger charge is -2.35. The van der Waals surface area contributed by atoms with Crippen LogP contribution >= 0.6 is 0 Å². The summed E-state index contributed by atoms with van der Waals surface area (Å²) in [5, 5.41) is 10.5. The quantitative estimate of drug-likeness (QED) is 0.622. The Bertz CT molecular complexity index is 507. The summed E-state index contributed by atoms with van der Waals surface area (Å²) < 4.78 is 10.9. The highest BCUT2D eigenvalue weighted by molar-refractivity contribution is 5.78. The van der Waals surface area contributed by atoms with E-state index in [0.29, 0.717) is 18.8 Å². The number of morpholine rings is 1. The fourth-order valence-corrected chi connectivity index (χ4v) is 2.28. The number of nitro benzene ring substituents is 1. The molecule has 0 bridgehead atoms. The molecule has 2 atom stereocenters. The van der Waals surface area contributed by atoms with Crippen molar-refractivity contribution in [2.75, 3.05) is 19.7 Å². The van der Waals surface area contributed by atoms with Crippen LogP contribution in [0.2, 0.25) is 0 Å². The summed E-state index contributed by atoms with van der Waals surface area (Å²) in [7, 11) is 0. The van der Waals surface area contributed by atoms with Crippen LogP contribution in [0.3, 0.4) is 0 Å². The second kappa shape index (κ2) is 6.53. The number of carbonyl (C=O) groups excluding carboxylic acids is 1. The first-order chi connectivity index (χ1) is 9.95. The number of non-ortho nitro benzene ring substituents is 1. The van der Waals surface area contributed by atoms with E-state index in [0.717, 1.165) is 0 Å². The van der Waals surface area contributed by atoms with E-state index in [1.807, 2.05) is 13.8 Å². The fourth-order valence-electron chi connectivity index (χ4n) is 2.28. The van der Waals surface area contributed by atoms with Crippen molar-refractivity contribution in [3.63, 3.8) is 0 Å². The highest BCUT2D eigenvalue weighted by Crippen LogP contribution is 2.17. The van der Waals surface area contributed by atoms with Gasteiger partial charge >= 0.3 is 0 Å². The molecular formula is C14H18N2O5. The van der Waals surface area contributed by atoms with E-state index >= 15 is 0 Å².